The Hall–Kier alpha value is -1.45. The highest BCUT2D eigenvalue weighted by Crippen LogP contribution is 2.30. The molecule has 1 unspecified atom stereocenters. The second-order valence-corrected chi connectivity index (χ2v) is 4.92. The van der Waals surface area contributed by atoms with Crippen molar-refractivity contribution in [1.29, 1.82) is 0 Å². The fourth-order valence-corrected chi connectivity index (χ4v) is 2.21. The van der Waals surface area contributed by atoms with Crippen molar-refractivity contribution >= 4 is 11.6 Å². The summed E-state index contributed by atoms with van der Waals surface area (Å²) in [5.41, 5.74) is 0.162. The Morgan fingerprint density at radius 3 is 2.58 bits per heavy atom. The highest BCUT2D eigenvalue weighted by atomic mass is 35.5. The molecule has 0 aliphatic heterocycles. The quantitative estimate of drug-likeness (QED) is 0.925. The molecule has 2 nitrogen and oxygen atoms in total. The standard InChI is InChI=1S/C15H15ClFNO/c1-2-15(19,14-8-7-12(17)10-18-14)9-11-5-3-4-6-13(11)16/h3-8,10,19H,2,9H2,1H3. The maximum absolute atomic E-state index is 12.9. The van der Waals surface area contributed by atoms with Gasteiger partial charge < -0.3 is 5.11 Å². The first-order valence-corrected chi connectivity index (χ1v) is 6.51. The average Bonchev–Trinajstić information content (AvgIpc) is 2.42. The third-order valence-electron chi connectivity index (χ3n) is 3.23. The summed E-state index contributed by atoms with van der Waals surface area (Å²) in [6.07, 6.45) is 1.93. The molecular formula is C15H15ClFNO. The summed E-state index contributed by atoms with van der Waals surface area (Å²) in [7, 11) is 0. The van der Waals surface area contributed by atoms with Gasteiger partial charge in [-0.1, -0.05) is 36.7 Å². The number of nitrogens with zero attached hydrogens (tertiary/aromatic N) is 1. The molecular weight excluding hydrogens is 265 g/mol. The van der Waals surface area contributed by atoms with E-state index in [0.717, 1.165) is 11.8 Å². The third kappa shape index (κ3) is 3.11. The summed E-state index contributed by atoms with van der Waals surface area (Å²) in [6.45, 7) is 1.86. The molecule has 19 heavy (non-hydrogen) atoms. The Kier molecular flexibility index (Phi) is 4.17. The van der Waals surface area contributed by atoms with Gasteiger partial charge in [0.15, 0.2) is 0 Å². The van der Waals surface area contributed by atoms with Crippen molar-refractivity contribution in [3.05, 3.63) is 64.7 Å². The summed E-state index contributed by atoms with van der Waals surface area (Å²) in [5.74, 6) is -0.417. The van der Waals surface area contributed by atoms with Crippen LogP contribution in [0.15, 0.2) is 42.6 Å². The molecule has 0 aliphatic carbocycles. The molecule has 1 aromatic heterocycles. The summed E-state index contributed by atoms with van der Waals surface area (Å²) < 4.78 is 12.9. The van der Waals surface area contributed by atoms with E-state index in [9.17, 15) is 9.50 Å². The molecule has 0 aliphatic rings. The van der Waals surface area contributed by atoms with E-state index in [0.29, 0.717) is 23.6 Å². The highest BCUT2D eigenvalue weighted by Gasteiger charge is 2.29. The number of benzene rings is 1. The summed E-state index contributed by atoms with van der Waals surface area (Å²) in [6, 6.07) is 10.2. The lowest BCUT2D eigenvalue weighted by molar-refractivity contribution is 0.0282. The first-order valence-electron chi connectivity index (χ1n) is 6.13. The smallest absolute Gasteiger partial charge is 0.141 e. The number of hydrogen-bond acceptors (Lipinski definition) is 2. The van der Waals surface area contributed by atoms with Crippen molar-refractivity contribution in [2.45, 2.75) is 25.4 Å². The molecule has 0 saturated carbocycles. The van der Waals surface area contributed by atoms with Crippen molar-refractivity contribution in [3.63, 3.8) is 0 Å². The van der Waals surface area contributed by atoms with Crippen LogP contribution in [0.4, 0.5) is 4.39 Å². The van der Waals surface area contributed by atoms with E-state index in [1.165, 1.54) is 12.1 Å². The predicted octanol–water partition coefficient (Wildman–Crippen LogP) is 3.71. The van der Waals surface area contributed by atoms with Gasteiger partial charge in [0.05, 0.1) is 11.9 Å². The Morgan fingerprint density at radius 2 is 2.00 bits per heavy atom. The number of rotatable bonds is 4. The third-order valence-corrected chi connectivity index (χ3v) is 3.60. The molecule has 1 aromatic carbocycles. The lowest BCUT2D eigenvalue weighted by atomic mass is 9.88. The molecule has 4 heteroatoms. The van der Waals surface area contributed by atoms with Crippen LogP contribution in [0.2, 0.25) is 5.02 Å². The number of aromatic nitrogens is 1. The van der Waals surface area contributed by atoms with Gasteiger partial charge in [-0.3, -0.25) is 4.98 Å². The lowest BCUT2D eigenvalue weighted by Gasteiger charge is -2.26. The van der Waals surface area contributed by atoms with E-state index in [1.54, 1.807) is 6.07 Å². The molecule has 100 valence electrons. The molecule has 1 heterocycles. The van der Waals surface area contributed by atoms with Crippen LogP contribution in [0.25, 0.3) is 0 Å². The van der Waals surface area contributed by atoms with E-state index >= 15 is 0 Å². The minimum Gasteiger partial charge on any atom is -0.383 e. The molecule has 0 amide bonds. The molecule has 0 bridgehead atoms. The minimum absolute atomic E-state index is 0.349. The highest BCUT2D eigenvalue weighted by molar-refractivity contribution is 6.31. The second-order valence-electron chi connectivity index (χ2n) is 4.51. The Balaban J connectivity index is 2.33. The molecule has 0 spiro atoms. The summed E-state index contributed by atoms with van der Waals surface area (Å²) in [5, 5.41) is 11.3. The predicted molar refractivity (Wildman–Crippen MR) is 73.5 cm³/mol. The van der Waals surface area contributed by atoms with Gasteiger partial charge in [0.25, 0.3) is 0 Å². The average molecular weight is 280 g/mol. The van der Waals surface area contributed by atoms with Crippen molar-refractivity contribution in [2.24, 2.45) is 0 Å². The zero-order chi connectivity index (χ0) is 13.9. The maximum atomic E-state index is 12.9. The van der Waals surface area contributed by atoms with Gasteiger partial charge in [-0.25, -0.2) is 4.39 Å². The van der Waals surface area contributed by atoms with E-state index in [2.05, 4.69) is 4.98 Å². The van der Waals surface area contributed by atoms with Crippen molar-refractivity contribution < 1.29 is 9.50 Å². The largest absolute Gasteiger partial charge is 0.383 e. The Labute approximate surface area is 116 Å². The van der Waals surface area contributed by atoms with Crippen LogP contribution in [0.1, 0.15) is 24.6 Å². The van der Waals surface area contributed by atoms with Crippen LogP contribution >= 0.6 is 11.6 Å². The van der Waals surface area contributed by atoms with Crippen LogP contribution in [-0.4, -0.2) is 10.1 Å². The normalized spacial score (nSPS) is 14.1. The van der Waals surface area contributed by atoms with E-state index in [1.807, 2.05) is 25.1 Å². The minimum atomic E-state index is -1.14. The van der Waals surface area contributed by atoms with E-state index in [4.69, 9.17) is 11.6 Å². The van der Waals surface area contributed by atoms with Gasteiger partial charge in [0, 0.05) is 11.4 Å². The summed E-state index contributed by atoms with van der Waals surface area (Å²) in [4.78, 5) is 3.98. The molecule has 1 N–H and O–H groups in total. The first kappa shape index (κ1) is 14.0. The number of aliphatic hydroxyl groups is 1. The van der Waals surface area contributed by atoms with Crippen molar-refractivity contribution in [3.8, 4) is 0 Å². The number of hydrogen-bond donors (Lipinski definition) is 1. The van der Waals surface area contributed by atoms with Crippen LogP contribution in [-0.2, 0) is 12.0 Å². The van der Waals surface area contributed by atoms with E-state index < -0.39 is 11.4 Å². The van der Waals surface area contributed by atoms with Gasteiger partial charge >= 0.3 is 0 Å². The molecule has 2 aromatic rings. The summed E-state index contributed by atoms with van der Waals surface area (Å²) >= 11 is 6.11. The molecule has 2 rings (SSSR count). The molecule has 0 fully saturated rings. The monoisotopic (exact) mass is 279 g/mol. The van der Waals surface area contributed by atoms with Crippen molar-refractivity contribution in [1.82, 2.24) is 4.98 Å². The van der Waals surface area contributed by atoms with E-state index in [-0.39, 0.29) is 0 Å². The number of pyridine rings is 1. The number of halogens is 2. The van der Waals surface area contributed by atoms with Crippen LogP contribution in [0.3, 0.4) is 0 Å². The van der Waals surface area contributed by atoms with Crippen LogP contribution in [0, 0.1) is 5.82 Å². The van der Waals surface area contributed by atoms with Gasteiger partial charge in [-0.15, -0.1) is 0 Å². The SMILES string of the molecule is CCC(O)(Cc1ccccc1Cl)c1ccc(F)cn1. The molecule has 0 radical (unpaired) electrons. The molecule has 0 saturated heterocycles. The van der Waals surface area contributed by atoms with Gasteiger partial charge in [-0.2, -0.15) is 0 Å². The van der Waals surface area contributed by atoms with Crippen molar-refractivity contribution in [2.75, 3.05) is 0 Å². The zero-order valence-corrected chi connectivity index (χ0v) is 11.4. The fraction of sp³-hybridized carbons (Fsp3) is 0.267. The van der Waals surface area contributed by atoms with Crippen LogP contribution in [0.5, 0.6) is 0 Å². The lowest BCUT2D eigenvalue weighted by Crippen LogP contribution is -2.29. The molecule has 1 atom stereocenters. The first-order chi connectivity index (χ1) is 9.05. The Bertz CT molecular complexity index is 558. The second kappa shape index (κ2) is 5.68. The fourth-order valence-electron chi connectivity index (χ4n) is 2.00. The van der Waals surface area contributed by atoms with Gasteiger partial charge in [-0.05, 0) is 30.2 Å². The van der Waals surface area contributed by atoms with Crippen LogP contribution < -0.4 is 0 Å². The Morgan fingerprint density at radius 1 is 1.26 bits per heavy atom. The topological polar surface area (TPSA) is 33.1 Å². The van der Waals surface area contributed by atoms with Gasteiger partial charge in [0.1, 0.15) is 11.4 Å². The maximum Gasteiger partial charge on any atom is 0.141 e. The van der Waals surface area contributed by atoms with Gasteiger partial charge in [0.2, 0.25) is 0 Å². The zero-order valence-electron chi connectivity index (χ0n) is 10.6.